The summed E-state index contributed by atoms with van der Waals surface area (Å²) in [5, 5.41) is 6.53. The van der Waals surface area contributed by atoms with Crippen LogP contribution in [0.2, 0.25) is 0 Å². The second kappa shape index (κ2) is 4.87. The molecule has 1 aromatic rings. The number of nitrogen functional groups attached to an aromatic ring is 1. The molecule has 1 aliphatic heterocycles. The first-order valence-electron chi connectivity index (χ1n) is 7.29. The topological polar surface area (TPSA) is 75.0 Å². The number of nitrogens with zero attached hydrogens (tertiary/aromatic N) is 2. The van der Waals surface area contributed by atoms with Crippen molar-refractivity contribution in [1.29, 1.82) is 0 Å². The summed E-state index contributed by atoms with van der Waals surface area (Å²) in [5.74, 6) is 0.416. The predicted molar refractivity (Wildman–Crippen MR) is 73.7 cm³/mol. The largest absolute Gasteiger partial charge is 0.382 e. The zero-order valence-electron chi connectivity index (χ0n) is 11.3. The maximum atomic E-state index is 12.3. The molecule has 1 saturated carbocycles. The van der Waals surface area contributed by atoms with Crippen molar-refractivity contribution in [1.82, 2.24) is 15.1 Å². The number of H-pyrrole nitrogens is 1. The Hall–Kier alpha value is -1.52. The van der Waals surface area contributed by atoms with E-state index < -0.39 is 0 Å². The van der Waals surface area contributed by atoms with Crippen molar-refractivity contribution in [2.24, 2.45) is 5.41 Å². The Kier molecular flexibility index (Phi) is 3.21. The molecule has 1 amide bonds. The van der Waals surface area contributed by atoms with Gasteiger partial charge in [0.05, 0.1) is 0 Å². The lowest BCUT2D eigenvalue weighted by molar-refractivity contribution is 0.0467. The van der Waals surface area contributed by atoms with E-state index in [9.17, 15) is 4.79 Å². The van der Waals surface area contributed by atoms with E-state index in [0.717, 1.165) is 25.9 Å². The number of aromatic nitrogens is 2. The number of carbonyl (C=O) groups is 1. The molecule has 1 spiro atoms. The molecule has 0 atom stereocenters. The minimum atomic E-state index is 0.0369. The Labute approximate surface area is 113 Å². The Bertz CT molecular complexity index is 452. The monoisotopic (exact) mass is 262 g/mol. The van der Waals surface area contributed by atoms with Crippen molar-refractivity contribution in [3.63, 3.8) is 0 Å². The van der Waals surface area contributed by atoms with Gasteiger partial charge < -0.3 is 10.6 Å². The first-order chi connectivity index (χ1) is 9.19. The second-order valence-electron chi connectivity index (χ2n) is 6.06. The highest BCUT2D eigenvalue weighted by Gasteiger charge is 2.36. The molecule has 0 aromatic carbocycles. The second-order valence-corrected chi connectivity index (χ2v) is 6.06. The number of nitrogens with one attached hydrogen (secondary N) is 1. The van der Waals surface area contributed by atoms with Crippen molar-refractivity contribution < 1.29 is 4.79 Å². The summed E-state index contributed by atoms with van der Waals surface area (Å²) in [7, 11) is 0. The number of aromatic amines is 1. The Balaban J connectivity index is 1.62. The molecule has 5 nitrogen and oxygen atoms in total. The molecule has 19 heavy (non-hydrogen) atoms. The van der Waals surface area contributed by atoms with Crippen LogP contribution in [0.4, 0.5) is 5.82 Å². The van der Waals surface area contributed by atoms with Crippen LogP contribution < -0.4 is 5.73 Å². The molecule has 104 valence electrons. The van der Waals surface area contributed by atoms with E-state index in [4.69, 9.17) is 5.73 Å². The number of hydrogen-bond acceptors (Lipinski definition) is 3. The maximum absolute atomic E-state index is 12.3. The van der Waals surface area contributed by atoms with Gasteiger partial charge in [0.2, 0.25) is 0 Å². The highest BCUT2D eigenvalue weighted by Crippen LogP contribution is 2.44. The number of piperidine rings is 1. The number of carbonyl (C=O) groups excluding carboxylic acids is 1. The van der Waals surface area contributed by atoms with E-state index >= 15 is 0 Å². The van der Waals surface area contributed by atoms with Crippen LogP contribution in [0.1, 0.15) is 55.4 Å². The van der Waals surface area contributed by atoms with Crippen LogP contribution >= 0.6 is 0 Å². The van der Waals surface area contributed by atoms with Crippen molar-refractivity contribution >= 4 is 11.7 Å². The van der Waals surface area contributed by atoms with Gasteiger partial charge in [-0.2, -0.15) is 5.10 Å². The molecule has 0 unspecified atom stereocenters. The summed E-state index contributed by atoms with van der Waals surface area (Å²) in [6.45, 7) is 1.75. The van der Waals surface area contributed by atoms with Crippen LogP contribution in [0.15, 0.2) is 6.07 Å². The van der Waals surface area contributed by atoms with Gasteiger partial charge in [-0.05, 0) is 31.1 Å². The number of anilines is 1. The zero-order valence-corrected chi connectivity index (χ0v) is 11.3. The van der Waals surface area contributed by atoms with Gasteiger partial charge in [-0.25, -0.2) is 0 Å². The quantitative estimate of drug-likeness (QED) is 0.814. The molecule has 1 aromatic heterocycles. The predicted octanol–water partition coefficient (Wildman–Crippen LogP) is 2.18. The molecular weight excluding hydrogens is 240 g/mol. The molecule has 3 N–H and O–H groups in total. The molecule has 2 heterocycles. The van der Waals surface area contributed by atoms with Crippen LogP contribution in [0.5, 0.6) is 0 Å². The first-order valence-corrected chi connectivity index (χ1v) is 7.29. The minimum absolute atomic E-state index is 0.0369. The van der Waals surface area contributed by atoms with Crippen LogP contribution in [0.3, 0.4) is 0 Å². The van der Waals surface area contributed by atoms with E-state index in [1.165, 1.54) is 32.1 Å². The van der Waals surface area contributed by atoms with Crippen molar-refractivity contribution in [2.45, 2.75) is 44.9 Å². The number of amides is 1. The average molecular weight is 262 g/mol. The molecule has 1 saturated heterocycles. The maximum Gasteiger partial charge on any atom is 0.271 e. The highest BCUT2D eigenvalue weighted by atomic mass is 16.2. The smallest absolute Gasteiger partial charge is 0.271 e. The molecule has 0 bridgehead atoms. The summed E-state index contributed by atoms with van der Waals surface area (Å²) >= 11 is 0. The van der Waals surface area contributed by atoms with Gasteiger partial charge in [-0.3, -0.25) is 9.89 Å². The van der Waals surface area contributed by atoms with Crippen LogP contribution in [0, 0.1) is 5.41 Å². The van der Waals surface area contributed by atoms with Gasteiger partial charge in [0.15, 0.2) is 0 Å². The van der Waals surface area contributed by atoms with Crippen molar-refractivity contribution in [3.8, 4) is 0 Å². The number of rotatable bonds is 1. The van der Waals surface area contributed by atoms with Crippen molar-refractivity contribution in [2.75, 3.05) is 18.8 Å². The van der Waals surface area contributed by atoms with Gasteiger partial charge >= 0.3 is 0 Å². The van der Waals surface area contributed by atoms with Crippen LogP contribution in [-0.4, -0.2) is 34.1 Å². The fraction of sp³-hybridized carbons (Fsp3) is 0.714. The summed E-state index contributed by atoms with van der Waals surface area (Å²) in [4.78, 5) is 14.2. The Morgan fingerprint density at radius 3 is 2.47 bits per heavy atom. The van der Waals surface area contributed by atoms with Crippen LogP contribution in [0.25, 0.3) is 0 Å². The van der Waals surface area contributed by atoms with E-state index in [1.54, 1.807) is 6.07 Å². The zero-order chi connectivity index (χ0) is 13.3. The lowest BCUT2D eigenvalue weighted by Gasteiger charge is -2.44. The van der Waals surface area contributed by atoms with Gasteiger partial charge in [0.25, 0.3) is 5.91 Å². The Morgan fingerprint density at radius 1 is 1.21 bits per heavy atom. The van der Waals surface area contributed by atoms with Gasteiger partial charge in [-0.15, -0.1) is 0 Å². The van der Waals surface area contributed by atoms with E-state index in [0.29, 0.717) is 16.9 Å². The lowest BCUT2D eigenvalue weighted by atomic mass is 9.68. The fourth-order valence-electron chi connectivity index (χ4n) is 3.60. The van der Waals surface area contributed by atoms with Gasteiger partial charge in [0, 0.05) is 19.2 Å². The van der Waals surface area contributed by atoms with Crippen molar-refractivity contribution in [3.05, 3.63) is 11.8 Å². The molecule has 3 rings (SSSR count). The highest BCUT2D eigenvalue weighted by molar-refractivity contribution is 5.93. The molecular formula is C14H22N4O. The molecule has 1 aliphatic carbocycles. The SMILES string of the molecule is Nc1cc(C(=O)N2CCC3(CCCCC3)CC2)[nH]n1. The van der Waals surface area contributed by atoms with E-state index in [-0.39, 0.29) is 5.91 Å². The fourth-order valence-corrected chi connectivity index (χ4v) is 3.60. The third-order valence-corrected chi connectivity index (χ3v) is 4.85. The lowest BCUT2D eigenvalue weighted by Crippen LogP contribution is -2.44. The molecule has 2 fully saturated rings. The number of hydrogen-bond donors (Lipinski definition) is 2. The summed E-state index contributed by atoms with van der Waals surface area (Å²) in [6, 6.07) is 1.62. The van der Waals surface area contributed by atoms with Crippen LogP contribution in [-0.2, 0) is 0 Å². The third-order valence-electron chi connectivity index (χ3n) is 4.85. The third kappa shape index (κ3) is 2.46. The summed E-state index contributed by atoms with van der Waals surface area (Å²) < 4.78 is 0. The Morgan fingerprint density at radius 2 is 1.89 bits per heavy atom. The summed E-state index contributed by atoms with van der Waals surface area (Å²) in [5.41, 5.74) is 6.59. The minimum Gasteiger partial charge on any atom is -0.382 e. The molecule has 2 aliphatic rings. The van der Waals surface area contributed by atoms with Gasteiger partial charge in [-0.1, -0.05) is 19.3 Å². The molecule has 0 radical (unpaired) electrons. The standard InChI is InChI=1S/C14H22N4O/c15-12-10-11(16-17-12)13(19)18-8-6-14(7-9-18)4-2-1-3-5-14/h10H,1-9H2,(H3,15,16,17). The average Bonchev–Trinajstić information content (AvgIpc) is 2.87. The van der Waals surface area contributed by atoms with E-state index in [1.807, 2.05) is 4.90 Å². The first kappa shape index (κ1) is 12.5. The van der Waals surface area contributed by atoms with E-state index in [2.05, 4.69) is 10.2 Å². The normalized spacial score (nSPS) is 22.6. The number of likely N-dealkylation sites (tertiary alicyclic amines) is 1. The number of nitrogens with two attached hydrogens (primary N) is 1. The van der Waals surface area contributed by atoms with Gasteiger partial charge in [0.1, 0.15) is 11.5 Å². The summed E-state index contributed by atoms with van der Waals surface area (Å²) in [6.07, 6.45) is 9.14. The molecule has 5 heteroatoms.